The van der Waals surface area contributed by atoms with Crippen LogP contribution in [0.25, 0.3) is 0 Å². The van der Waals surface area contributed by atoms with Crippen LogP contribution in [-0.2, 0) is 0 Å². The molecule has 0 saturated heterocycles. The largest absolute Gasteiger partial charge is 0.573 e. The molecule has 0 amide bonds. The van der Waals surface area contributed by atoms with E-state index in [0.29, 0.717) is 12.0 Å². The van der Waals surface area contributed by atoms with Gasteiger partial charge in [0.25, 0.3) is 0 Å². The van der Waals surface area contributed by atoms with Gasteiger partial charge in [-0.25, -0.2) is 0 Å². The summed E-state index contributed by atoms with van der Waals surface area (Å²) in [5.74, 6) is -0.221. The molecule has 0 saturated carbocycles. The predicted molar refractivity (Wildman–Crippen MR) is 59.8 cm³/mol. The molecule has 2 unspecified atom stereocenters. The molecule has 17 heavy (non-hydrogen) atoms. The van der Waals surface area contributed by atoms with Gasteiger partial charge < -0.3 is 10.5 Å². The number of halogens is 3. The van der Waals surface area contributed by atoms with Crippen molar-refractivity contribution < 1.29 is 17.9 Å². The standard InChI is InChI=1S/C12H16F3NO/c1-8(7-9(2)16)10-5-3-4-6-11(10)17-12(13,14)15/h3-6,8-9H,7,16H2,1-2H3. The van der Waals surface area contributed by atoms with E-state index in [1.165, 1.54) is 12.1 Å². The van der Waals surface area contributed by atoms with Gasteiger partial charge in [0.05, 0.1) is 0 Å². The molecule has 0 aliphatic heterocycles. The van der Waals surface area contributed by atoms with Crippen molar-refractivity contribution in [2.75, 3.05) is 0 Å². The number of para-hydroxylation sites is 1. The minimum atomic E-state index is -4.66. The van der Waals surface area contributed by atoms with E-state index in [1.807, 2.05) is 13.8 Å². The van der Waals surface area contributed by atoms with Gasteiger partial charge in [-0.3, -0.25) is 0 Å². The van der Waals surface area contributed by atoms with Gasteiger partial charge in [-0.05, 0) is 30.9 Å². The van der Waals surface area contributed by atoms with Crippen LogP contribution >= 0.6 is 0 Å². The fraction of sp³-hybridized carbons (Fsp3) is 0.500. The molecule has 0 bridgehead atoms. The summed E-state index contributed by atoms with van der Waals surface area (Å²) in [6, 6.07) is 6.09. The number of benzene rings is 1. The third kappa shape index (κ3) is 4.65. The molecule has 0 aromatic heterocycles. The normalized spacial score (nSPS) is 15.4. The number of hydrogen-bond acceptors (Lipinski definition) is 2. The van der Waals surface area contributed by atoms with Gasteiger partial charge in [0.1, 0.15) is 5.75 Å². The fourth-order valence-electron chi connectivity index (χ4n) is 1.79. The van der Waals surface area contributed by atoms with Crippen molar-refractivity contribution in [2.45, 2.75) is 38.6 Å². The SMILES string of the molecule is CC(N)CC(C)c1ccccc1OC(F)(F)F. The molecule has 5 heteroatoms. The first kappa shape index (κ1) is 13.8. The molecule has 1 rings (SSSR count). The molecule has 0 heterocycles. The lowest BCUT2D eigenvalue weighted by atomic mass is 9.94. The highest BCUT2D eigenvalue weighted by Crippen LogP contribution is 2.32. The minimum absolute atomic E-state index is 0.0658. The third-order valence-electron chi connectivity index (χ3n) is 2.40. The first-order valence-electron chi connectivity index (χ1n) is 5.40. The van der Waals surface area contributed by atoms with E-state index in [4.69, 9.17) is 5.73 Å². The number of rotatable bonds is 4. The van der Waals surface area contributed by atoms with Crippen LogP contribution in [0.4, 0.5) is 13.2 Å². The van der Waals surface area contributed by atoms with Gasteiger partial charge >= 0.3 is 6.36 Å². The summed E-state index contributed by atoms with van der Waals surface area (Å²) in [4.78, 5) is 0. The molecular weight excluding hydrogens is 231 g/mol. The topological polar surface area (TPSA) is 35.2 Å². The molecule has 1 aromatic rings. The Hall–Kier alpha value is -1.23. The maximum absolute atomic E-state index is 12.2. The third-order valence-corrected chi connectivity index (χ3v) is 2.40. The average molecular weight is 247 g/mol. The Labute approximate surface area is 98.6 Å². The van der Waals surface area contributed by atoms with Gasteiger partial charge in [0, 0.05) is 6.04 Å². The van der Waals surface area contributed by atoms with Crippen LogP contribution in [0.5, 0.6) is 5.75 Å². The van der Waals surface area contributed by atoms with E-state index in [1.54, 1.807) is 12.1 Å². The van der Waals surface area contributed by atoms with E-state index in [-0.39, 0.29) is 17.7 Å². The van der Waals surface area contributed by atoms with Crippen molar-refractivity contribution in [3.63, 3.8) is 0 Å². The molecule has 2 N–H and O–H groups in total. The van der Waals surface area contributed by atoms with E-state index in [2.05, 4.69) is 4.74 Å². The van der Waals surface area contributed by atoms with Crippen molar-refractivity contribution in [2.24, 2.45) is 5.73 Å². The second-order valence-corrected chi connectivity index (χ2v) is 4.20. The van der Waals surface area contributed by atoms with Crippen molar-refractivity contribution in [1.29, 1.82) is 0 Å². The second kappa shape index (κ2) is 5.40. The summed E-state index contributed by atoms with van der Waals surface area (Å²) >= 11 is 0. The summed E-state index contributed by atoms with van der Waals surface area (Å²) in [6.07, 6.45) is -4.05. The number of ether oxygens (including phenoxy) is 1. The van der Waals surface area contributed by atoms with Crippen LogP contribution in [0.2, 0.25) is 0 Å². The molecule has 2 atom stereocenters. The highest BCUT2D eigenvalue weighted by atomic mass is 19.4. The molecule has 0 fully saturated rings. The Morgan fingerprint density at radius 2 is 1.82 bits per heavy atom. The van der Waals surface area contributed by atoms with Crippen LogP contribution < -0.4 is 10.5 Å². The molecule has 0 aliphatic carbocycles. The quantitative estimate of drug-likeness (QED) is 0.884. The summed E-state index contributed by atoms with van der Waals surface area (Å²) in [5.41, 5.74) is 6.17. The first-order valence-corrected chi connectivity index (χ1v) is 5.40. The average Bonchev–Trinajstić information content (AvgIpc) is 2.14. The first-order chi connectivity index (χ1) is 7.79. The Morgan fingerprint density at radius 3 is 2.35 bits per heavy atom. The van der Waals surface area contributed by atoms with Crippen molar-refractivity contribution in [3.8, 4) is 5.75 Å². The smallest absolute Gasteiger partial charge is 0.405 e. The molecule has 0 radical (unpaired) electrons. The lowest BCUT2D eigenvalue weighted by molar-refractivity contribution is -0.275. The van der Waals surface area contributed by atoms with Gasteiger partial charge in [-0.1, -0.05) is 25.1 Å². The zero-order valence-electron chi connectivity index (χ0n) is 9.79. The maximum atomic E-state index is 12.2. The molecular formula is C12H16F3NO. The second-order valence-electron chi connectivity index (χ2n) is 4.20. The van der Waals surface area contributed by atoms with E-state index in [0.717, 1.165) is 0 Å². The van der Waals surface area contributed by atoms with Gasteiger partial charge in [-0.15, -0.1) is 13.2 Å². The van der Waals surface area contributed by atoms with Crippen LogP contribution in [-0.4, -0.2) is 12.4 Å². The molecule has 0 aliphatic rings. The van der Waals surface area contributed by atoms with Crippen LogP contribution in [0.15, 0.2) is 24.3 Å². The van der Waals surface area contributed by atoms with E-state index >= 15 is 0 Å². The van der Waals surface area contributed by atoms with Gasteiger partial charge in [0.15, 0.2) is 0 Å². The van der Waals surface area contributed by atoms with Crippen molar-refractivity contribution in [1.82, 2.24) is 0 Å². The monoisotopic (exact) mass is 247 g/mol. The minimum Gasteiger partial charge on any atom is -0.405 e. The lowest BCUT2D eigenvalue weighted by Crippen LogP contribution is -2.20. The molecule has 0 spiro atoms. The Kier molecular flexibility index (Phi) is 4.40. The molecule has 1 aromatic carbocycles. The van der Waals surface area contributed by atoms with E-state index < -0.39 is 6.36 Å². The summed E-state index contributed by atoms with van der Waals surface area (Å²) in [5, 5.41) is 0. The number of alkyl halides is 3. The zero-order valence-corrected chi connectivity index (χ0v) is 9.79. The number of nitrogens with two attached hydrogens (primary N) is 1. The van der Waals surface area contributed by atoms with Crippen LogP contribution in [0, 0.1) is 0 Å². The Balaban J connectivity index is 2.91. The lowest BCUT2D eigenvalue weighted by Gasteiger charge is -2.19. The zero-order chi connectivity index (χ0) is 13.1. The Morgan fingerprint density at radius 1 is 1.24 bits per heavy atom. The highest BCUT2D eigenvalue weighted by Gasteiger charge is 2.32. The Bertz CT molecular complexity index is 363. The highest BCUT2D eigenvalue weighted by molar-refractivity contribution is 5.36. The maximum Gasteiger partial charge on any atom is 0.573 e. The van der Waals surface area contributed by atoms with E-state index in [9.17, 15) is 13.2 Å². The predicted octanol–water partition coefficient (Wildman–Crippen LogP) is 3.43. The summed E-state index contributed by atoms with van der Waals surface area (Å²) in [6.45, 7) is 3.66. The fourth-order valence-corrected chi connectivity index (χ4v) is 1.79. The number of hydrogen-bond donors (Lipinski definition) is 1. The van der Waals surface area contributed by atoms with Crippen molar-refractivity contribution in [3.05, 3.63) is 29.8 Å². The van der Waals surface area contributed by atoms with Crippen LogP contribution in [0.1, 0.15) is 31.7 Å². The van der Waals surface area contributed by atoms with Crippen molar-refractivity contribution >= 4 is 0 Å². The molecule has 96 valence electrons. The van der Waals surface area contributed by atoms with Crippen LogP contribution in [0.3, 0.4) is 0 Å². The molecule has 2 nitrogen and oxygen atoms in total. The van der Waals surface area contributed by atoms with Gasteiger partial charge in [-0.2, -0.15) is 0 Å². The summed E-state index contributed by atoms with van der Waals surface area (Å²) in [7, 11) is 0. The summed E-state index contributed by atoms with van der Waals surface area (Å²) < 4.78 is 40.6. The van der Waals surface area contributed by atoms with Gasteiger partial charge in [0.2, 0.25) is 0 Å².